The molecule has 0 aliphatic heterocycles. The molecule has 1 aromatic heterocycles. The largest absolute Gasteiger partial charge is 0.367 e. The maximum atomic E-state index is 8.49. The van der Waals surface area contributed by atoms with E-state index in [1.54, 1.807) is 18.5 Å². The first-order valence-corrected chi connectivity index (χ1v) is 5.14. The summed E-state index contributed by atoms with van der Waals surface area (Å²) in [4.78, 5) is 3.98. The van der Waals surface area contributed by atoms with Gasteiger partial charge in [-0.15, -0.1) is 5.26 Å². The molecule has 82 valence electrons. The van der Waals surface area contributed by atoms with E-state index in [0.717, 1.165) is 11.1 Å². The molecule has 3 nitrogen and oxygen atoms in total. The van der Waals surface area contributed by atoms with Crippen molar-refractivity contribution in [3.63, 3.8) is 0 Å². The van der Waals surface area contributed by atoms with E-state index in [0.29, 0.717) is 5.88 Å². The Kier molecular flexibility index (Phi) is 3.51. The summed E-state index contributed by atoms with van der Waals surface area (Å²) in [5.74, 6) is 0.321. The van der Waals surface area contributed by atoms with E-state index in [1.807, 2.05) is 48.6 Å². The molecule has 0 N–H and O–H groups in total. The van der Waals surface area contributed by atoms with Gasteiger partial charge >= 0.3 is 0 Å². The highest BCUT2D eigenvalue weighted by atomic mass is 16.5. The lowest BCUT2D eigenvalue weighted by molar-refractivity contribution is 0.485. The van der Waals surface area contributed by atoms with Crippen molar-refractivity contribution >= 4 is 12.2 Å². The average molecular weight is 222 g/mol. The Bertz CT molecular complexity index is 556. The van der Waals surface area contributed by atoms with E-state index in [2.05, 4.69) is 4.98 Å². The number of ether oxygens (including phenoxy) is 1. The molecule has 0 fully saturated rings. The second-order valence-corrected chi connectivity index (χ2v) is 3.34. The van der Waals surface area contributed by atoms with Crippen molar-refractivity contribution < 1.29 is 4.74 Å². The Morgan fingerprint density at radius 2 is 1.88 bits per heavy atom. The van der Waals surface area contributed by atoms with E-state index >= 15 is 0 Å². The maximum absolute atomic E-state index is 8.49. The molecule has 1 aromatic carbocycles. The second kappa shape index (κ2) is 5.47. The molecule has 2 aromatic rings. The van der Waals surface area contributed by atoms with Crippen LogP contribution in [0.1, 0.15) is 11.1 Å². The van der Waals surface area contributed by atoms with Crippen LogP contribution in [0.15, 0.2) is 48.7 Å². The molecule has 17 heavy (non-hydrogen) atoms. The third-order valence-electron chi connectivity index (χ3n) is 2.20. The van der Waals surface area contributed by atoms with Gasteiger partial charge in [0.15, 0.2) is 0 Å². The van der Waals surface area contributed by atoms with Gasteiger partial charge in [-0.1, -0.05) is 36.4 Å². The molecule has 0 unspecified atom stereocenters. The van der Waals surface area contributed by atoms with Crippen LogP contribution in [0.4, 0.5) is 0 Å². The lowest BCUT2D eigenvalue weighted by Gasteiger charge is -1.99. The quantitative estimate of drug-likeness (QED) is 0.749. The van der Waals surface area contributed by atoms with Crippen LogP contribution in [-0.2, 0) is 0 Å². The molecule has 0 spiro atoms. The predicted octanol–water partition coefficient (Wildman–Crippen LogP) is 3.11. The normalized spacial score (nSPS) is 10.1. The summed E-state index contributed by atoms with van der Waals surface area (Å²) in [6.45, 7) is 0. The van der Waals surface area contributed by atoms with E-state index in [4.69, 9.17) is 10.00 Å². The number of hydrogen-bond donors (Lipinski definition) is 0. The monoisotopic (exact) mass is 222 g/mol. The van der Waals surface area contributed by atoms with Crippen LogP contribution < -0.4 is 4.74 Å². The van der Waals surface area contributed by atoms with Gasteiger partial charge in [0.2, 0.25) is 5.88 Å². The van der Waals surface area contributed by atoms with Crippen LogP contribution >= 0.6 is 0 Å². The summed E-state index contributed by atoms with van der Waals surface area (Å²) in [5.41, 5.74) is 1.86. The number of nitrogens with zero attached hydrogens (tertiary/aromatic N) is 2. The van der Waals surface area contributed by atoms with Gasteiger partial charge in [-0.2, -0.15) is 0 Å². The highest BCUT2D eigenvalue weighted by molar-refractivity contribution is 5.71. The maximum Gasteiger partial charge on any atom is 0.293 e. The summed E-state index contributed by atoms with van der Waals surface area (Å²) < 4.78 is 4.77. The van der Waals surface area contributed by atoms with Crippen LogP contribution in [0, 0.1) is 11.5 Å². The molecule has 0 bridgehead atoms. The van der Waals surface area contributed by atoms with Crippen LogP contribution in [0.25, 0.3) is 12.2 Å². The lowest BCUT2D eigenvalue weighted by Crippen LogP contribution is -1.89. The minimum Gasteiger partial charge on any atom is -0.367 e. The molecular formula is C14H10N2O. The Labute approximate surface area is 99.6 Å². The first kappa shape index (κ1) is 10.9. The van der Waals surface area contributed by atoms with Gasteiger partial charge < -0.3 is 4.74 Å². The van der Waals surface area contributed by atoms with Crippen molar-refractivity contribution in [1.29, 1.82) is 5.26 Å². The van der Waals surface area contributed by atoms with Crippen molar-refractivity contribution in [2.75, 3.05) is 0 Å². The van der Waals surface area contributed by atoms with Crippen molar-refractivity contribution in [3.8, 4) is 12.1 Å². The number of rotatable bonds is 3. The average Bonchev–Trinajstić information content (AvgIpc) is 2.39. The molecular weight excluding hydrogens is 212 g/mol. The van der Waals surface area contributed by atoms with Crippen LogP contribution in [0.5, 0.6) is 5.88 Å². The van der Waals surface area contributed by atoms with Gasteiger partial charge in [0.1, 0.15) is 0 Å². The fraction of sp³-hybridized carbons (Fsp3) is 0. The number of aromatic nitrogens is 1. The van der Waals surface area contributed by atoms with Crippen molar-refractivity contribution in [2.45, 2.75) is 0 Å². The standard InChI is InChI=1S/C14H10N2O/c15-11-17-14-13(7-4-10-16-14)9-8-12-5-2-1-3-6-12/h1-10H/b9-8+. The van der Waals surface area contributed by atoms with Gasteiger partial charge in [-0.3, -0.25) is 0 Å². The third-order valence-corrected chi connectivity index (χ3v) is 2.20. The number of benzene rings is 1. The zero-order valence-corrected chi connectivity index (χ0v) is 9.08. The molecule has 0 atom stereocenters. The number of hydrogen-bond acceptors (Lipinski definition) is 3. The van der Waals surface area contributed by atoms with Gasteiger partial charge in [0.05, 0.1) is 0 Å². The molecule has 1 heterocycles. The first-order chi connectivity index (χ1) is 8.40. The molecule has 2 rings (SSSR count). The van der Waals surface area contributed by atoms with Gasteiger partial charge in [0, 0.05) is 11.8 Å². The zero-order chi connectivity index (χ0) is 11.9. The minimum absolute atomic E-state index is 0.321. The molecule has 0 saturated heterocycles. The molecule has 0 aliphatic rings. The first-order valence-electron chi connectivity index (χ1n) is 5.14. The molecule has 0 amide bonds. The van der Waals surface area contributed by atoms with Crippen molar-refractivity contribution in [1.82, 2.24) is 4.98 Å². The predicted molar refractivity (Wildman–Crippen MR) is 65.8 cm³/mol. The molecule has 0 radical (unpaired) electrons. The fourth-order valence-electron chi connectivity index (χ4n) is 1.41. The van der Waals surface area contributed by atoms with Crippen molar-refractivity contribution in [2.24, 2.45) is 0 Å². The smallest absolute Gasteiger partial charge is 0.293 e. The Balaban J connectivity index is 2.25. The number of pyridine rings is 1. The van der Waals surface area contributed by atoms with E-state index in [-0.39, 0.29) is 0 Å². The van der Waals surface area contributed by atoms with Gasteiger partial charge in [-0.05, 0) is 23.8 Å². The van der Waals surface area contributed by atoms with Gasteiger partial charge in [0.25, 0.3) is 6.26 Å². The van der Waals surface area contributed by atoms with Crippen LogP contribution in [0.2, 0.25) is 0 Å². The number of nitriles is 1. The lowest BCUT2D eigenvalue weighted by atomic mass is 10.1. The topological polar surface area (TPSA) is 45.9 Å². The molecule has 0 saturated carbocycles. The summed E-state index contributed by atoms with van der Waals surface area (Å²) in [5, 5.41) is 8.49. The second-order valence-electron chi connectivity index (χ2n) is 3.34. The molecule has 0 aliphatic carbocycles. The Morgan fingerprint density at radius 3 is 2.65 bits per heavy atom. The highest BCUT2D eigenvalue weighted by Crippen LogP contribution is 2.17. The summed E-state index contributed by atoms with van der Waals surface area (Å²) in [7, 11) is 0. The van der Waals surface area contributed by atoms with Crippen molar-refractivity contribution in [3.05, 3.63) is 59.8 Å². The summed E-state index contributed by atoms with van der Waals surface area (Å²) >= 11 is 0. The summed E-state index contributed by atoms with van der Waals surface area (Å²) in [6.07, 6.45) is 7.03. The Morgan fingerprint density at radius 1 is 1.06 bits per heavy atom. The Hall–Kier alpha value is -2.60. The SMILES string of the molecule is N#COc1ncccc1/C=C/c1ccccc1. The third kappa shape index (κ3) is 2.93. The van der Waals surface area contributed by atoms with Crippen LogP contribution in [-0.4, -0.2) is 4.98 Å². The fourth-order valence-corrected chi connectivity index (χ4v) is 1.41. The van der Waals surface area contributed by atoms with E-state index in [9.17, 15) is 0 Å². The molecule has 3 heteroatoms. The van der Waals surface area contributed by atoms with Gasteiger partial charge in [-0.25, -0.2) is 4.98 Å². The van der Waals surface area contributed by atoms with E-state index in [1.165, 1.54) is 0 Å². The highest BCUT2D eigenvalue weighted by Gasteiger charge is 2.00. The van der Waals surface area contributed by atoms with E-state index < -0.39 is 0 Å². The minimum atomic E-state index is 0.321. The summed E-state index contributed by atoms with van der Waals surface area (Å²) in [6, 6.07) is 13.5. The van der Waals surface area contributed by atoms with Crippen LogP contribution in [0.3, 0.4) is 0 Å². The zero-order valence-electron chi connectivity index (χ0n) is 9.08.